The predicted molar refractivity (Wildman–Crippen MR) is 133 cm³/mol. The van der Waals surface area contributed by atoms with Crippen LogP contribution in [0.25, 0.3) is 16.3 Å². The van der Waals surface area contributed by atoms with E-state index in [-0.39, 0.29) is 18.8 Å². The number of carbonyl (C=O) groups is 1. The molecule has 2 atom stereocenters. The molecule has 0 radical (unpaired) electrons. The standard InChI is InChI=1S/C25H25FN4O5S/c1-27-25(31)35-22-15-28-17(14-29-22)6-2-3-7-23-30-20-10-9-18(12-21(20)36-23)33-16-19(13-26)34-24-8-4-5-11-32-24/h3,7,9-10,12,14-15,19,24H,4-5,8,11,13,16H2,1H3,(H,27,31)/b7-3+/t19-,24?/m0/s1. The van der Waals surface area contributed by atoms with Crippen molar-refractivity contribution in [3.63, 3.8) is 0 Å². The summed E-state index contributed by atoms with van der Waals surface area (Å²) < 4.78 is 36.2. The fourth-order valence-corrected chi connectivity index (χ4v) is 4.13. The normalized spacial score (nSPS) is 16.3. The molecular weight excluding hydrogens is 487 g/mol. The van der Waals surface area contributed by atoms with Crippen LogP contribution >= 0.6 is 11.3 Å². The molecule has 1 amide bonds. The van der Waals surface area contributed by atoms with Gasteiger partial charge >= 0.3 is 6.09 Å². The minimum Gasteiger partial charge on any atom is -0.491 e. The van der Waals surface area contributed by atoms with E-state index in [2.05, 4.69) is 32.1 Å². The Morgan fingerprint density at radius 3 is 3.03 bits per heavy atom. The molecule has 0 saturated carbocycles. The van der Waals surface area contributed by atoms with Crippen LogP contribution < -0.4 is 14.8 Å². The van der Waals surface area contributed by atoms with Crippen molar-refractivity contribution in [2.75, 3.05) is 26.9 Å². The van der Waals surface area contributed by atoms with Gasteiger partial charge in [0.1, 0.15) is 35.8 Å². The highest BCUT2D eigenvalue weighted by atomic mass is 32.1. The van der Waals surface area contributed by atoms with E-state index in [9.17, 15) is 9.18 Å². The van der Waals surface area contributed by atoms with E-state index >= 15 is 0 Å². The molecule has 36 heavy (non-hydrogen) atoms. The molecule has 1 saturated heterocycles. The van der Waals surface area contributed by atoms with Gasteiger partial charge in [-0.3, -0.25) is 0 Å². The predicted octanol–water partition coefficient (Wildman–Crippen LogP) is 4.13. The van der Waals surface area contributed by atoms with Gasteiger partial charge in [-0.15, -0.1) is 11.3 Å². The quantitative estimate of drug-likeness (QED) is 0.450. The molecule has 4 rings (SSSR count). The Kier molecular flexibility index (Phi) is 9.15. The molecule has 0 bridgehead atoms. The van der Waals surface area contributed by atoms with Gasteiger partial charge in [0.25, 0.3) is 0 Å². The van der Waals surface area contributed by atoms with Crippen LogP contribution in [0, 0.1) is 11.8 Å². The molecule has 11 heteroatoms. The number of rotatable bonds is 8. The van der Waals surface area contributed by atoms with Gasteiger partial charge in [-0.1, -0.05) is 5.92 Å². The second-order valence-electron chi connectivity index (χ2n) is 7.68. The summed E-state index contributed by atoms with van der Waals surface area (Å²) in [7, 11) is 1.45. The number of alkyl halides is 1. The largest absolute Gasteiger partial charge is 0.491 e. The number of allylic oxidation sites excluding steroid dienone is 1. The summed E-state index contributed by atoms with van der Waals surface area (Å²) in [6.45, 7) is 0.106. The van der Waals surface area contributed by atoms with Gasteiger partial charge in [-0.25, -0.2) is 24.1 Å². The third-order valence-corrected chi connectivity index (χ3v) is 5.99. The van der Waals surface area contributed by atoms with Crippen LogP contribution in [-0.2, 0) is 9.47 Å². The fourth-order valence-electron chi connectivity index (χ4n) is 3.23. The van der Waals surface area contributed by atoms with Crippen LogP contribution in [0.5, 0.6) is 11.6 Å². The van der Waals surface area contributed by atoms with E-state index in [1.54, 1.807) is 18.2 Å². The maximum Gasteiger partial charge on any atom is 0.413 e. The van der Waals surface area contributed by atoms with E-state index in [1.165, 1.54) is 30.8 Å². The SMILES string of the molecule is CNC(=O)Oc1cnc(C#C/C=C/c2nc3ccc(OC[C@H](CF)OC4CCCCO4)cc3s2)cn1. The van der Waals surface area contributed by atoms with Crippen LogP contribution in [0.2, 0.25) is 0 Å². The highest BCUT2D eigenvalue weighted by molar-refractivity contribution is 7.19. The maximum absolute atomic E-state index is 13.4. The molecule has 1 aromatic carbocycles. The average Bonchev–Trinajstić information content (AvgIpc) is 3.32. The zero-order valence-corrected chi connectivity index (χ0v) is 20.4. The van der Waals surface area contributed by atoms with Crippen molar-refractivity contribution >= 4 is 33.7 Å². The Hall–Kier alpha value is -3.59. The molecule has 1 aliphatic heterocycles. The van der Waals surface area contributed by atoms with Gasteiger partial charge in [-0.2, -0.15) is 0 Å². The van der Waals surface area contributed by atoms with Crippen molar-refractivity contribution in [1.29, 1.82) is 0 Å². The minimum atomic E-state index is -0.674. The Balaban J connectivity index is 1.31. The van der Waals surface area contributed by atoms with Crippen LogP contribution in [0.15, 0.2) is 36.7 Å². The molecule has 0 spiro atoms. The highest BCUT2D eigenvalue weighted by Gasteiger charge is 2.20. The first kappa shape index (κ1) is 25.5. The third-order valence-electron chi connectivity index (χ3n) is 5.01. The number of ether oxygens (including phenoxy) is 4. The summed E-state index contributed by atoms with van der Waals surface area (Å²) in [6.07, 6.45) is 7.35. The summed E-state index contributed by atoms with van der Waals surface area (Å²) in [5.41, 5.74) is 1.26. The number of hydrogen-bond donors (Lipinski definition) is 1. The Labute approximate surface area is 211 Å². The molecular formula is C25H25FN4O5S. The van der Waals surface area contributed by atoms with Crippen molar-refractivity contribution in [2.45, 2.75) is 31.7 Å². The number of fused-ring (bicyclic) bond motifs is 1. The summed E-state index contributed by atoms with van der Waals surface area (Å²) in [5, 5.41) is 3.10. The van der Waals surface area contributed by atoms with Gasteiger partial charge in [-0.05, 0) is 55.5 Å². The van der Waals surface area contributed by atoms with Gasteiger partial charge in [0, 0.05) is 13.7 Å². The first-order valence-corrected chi connectivity index (χ1v) is 12.2. The second-order valence-corrected chi connectivity index (χ2v) is 8.75. The number of thiazole rings is 1. The van der Waals surface area contributed by atoms with Crippen molar-refractivity contribution in [1.82, 2.24) is 20.3 Å². The van der Waals surface area contributed by atoms with Crippen LogP contribution in [0.3, 0.4) is 0 Å². The fraction of sp³-hybridized carbons (Fsp3) is 0.360. The lowest BCUT2D eigenvalue weighted by Gasteiger charge is -2.26. The number of benzene rings is 1. The molecule has 3 aromatic rings. The van der Waals surface area contributed by atoms with Gasteiger partial charge in [0.15, 0.2) is 6.29 Å². The summed E-state index contributed by atoms with van der Waals surface area (Å²) in [4.78, 5) is 23.8. The maximum atomic E-state index is 13.4. The van der Waals surface area contributed by atoms with Crippen molar-refractivity contribution in [3.05, 3.63) is 47.4 Å². The lowest BCUT2D eigenvalue weighted by molar-refractivity contribution is -0.195. The lowest BCUT2D eigenvalue weighted by Crippen LogP contribution is -2.32. The molecule has 1 aliphatic rings. The lowest BCUT2D eigenvalue weighted by atomic mass is 10.2. The van der Waals surface area contributed by atoms with Gasteiger partial charge in [0.05, 0.1) is 22.6 Å². The number of nitrogens with zero attached hydrogens (tertiary/aromatic N) is 3. The second kappa shape index (κ2) is 12.9. The molecule has 0 aliphatic carbocycles. The zero-order chi connectivity index (χ0) is 25.2. The topological polar surface area (TPSA) is 105 Å². The summed E-state index contributed by atoms with van der Waals surface area (Å²) >= 11 is 1.48. The number of aromatic nitrogens is 3. The van der Waals surface area contributed by atoms with Crippen LogP contribution in [0.1, 0.15) is 30.0 Å². The number of hydrogen-bond acceptors (Lipinski definition) is 9. The molecule has 3 heterocycles. The first-order valence-electron chi connectivity index (χ1n) is 11.4. The van der Waals surface area contributed by atoms with E-state index in [0.717, 1.165) is 34.5 Å². The number of halogens is 1. The van der Waals surface area contributed by atoms with Crippen molar-refractivity contribution in [3.8, 4) is 23.5 Å². The molecule has 9 nitrogen and oxygen atoms in total. The molecule has 1 fully saturated rings. The monoisotopic (exact) mass is 512 g/mol. The van der Waals surface area contributed by atoms with Crippen LogP contribution in [0.4, 0.5) is 9.18 Å². The summed E-state index contributed by atoms with van der Waals surface area (Å²) in [6, 6.07) is 5.54. The van der Waals surface area contributed by atoms with E-state index < -0.39 is 18.9 Å². The number of amides is 1. The highest BCUT2D eigenvalue weighted by Crippen LogP contribution is 2.27. The third kappa shape index (κ3) is 7.45. The summed E-state index contributed by atoms with van der Waals surface area (Å²) in [5.74, 6) is 6.44. The van der Waals surface area contributed by atoms with Gasteiger partial charge in [0.2, 0.25) is 5.88 Å². The average molecular weight is 513 g/mol. The Morgan fingerprint density at radius 1 is 1.36 bits per heavy atom. The minimum absolute atomic E-state index is 0.0826. The van der Waals surface area contributed by atoms with E-state index in [0.29, 0.717) is 18.1 Å². The smallest absolute Gasteiger partial charge is 0.413 e. The number of carbonyl (C=O) groups excluding carboxylic acids is 1. The Bertz CT molecular complexity index is 1250. The molecule has 2 aromatic heterocycles. The zero-order valence-electron chi connectivity index (χ0n) is 19.6. The molecule has 188 valence electrons. The van der Waals surface area contributed by atoms with Crippen molar-refractivity contribution < 1.29 is 28.1 Å². The molecule has 1 unspecified atom stereocenters. The van der Waals surface area contributed by atoms with E-state index in [1.807, 2.05) is 12.1 Å². The van der Waals surface area contributed by atoms with Gasteiger partial charge < -0.3 is 24.3 Å². The number of nitrogens with one attached hydrogen (secondary N) is 1. The van der Waals surface area contributed by atoms with Crippen molar-refractivity contribution in [2.24, 2.45) is 0 Å². The van der Waals surface area contributed by atoms with E-state index in [4.69, 9.17) is 18.9 Å². The van der Waals surface area contributed by atoms with Crippen LogP contribution in [-0.4, -0.2) is 60.4 Å². The Morgan fingerprint density at radius 2 is 2.28 bits per heavy atom. The first-order chi connectivity index (χ1) is 17.6. The molecule has 1 N–H and O–H groups in total.